The van der Waals surface area contributed by atoms with E-state index in [1.54, 1.807) is 18.4 Å². The van der Waals surface area contributed by atoms with Crippen molar-refractivity contribution >= 4 is 27.1 Å². The second-order valence-electron chi connectivity index (χ2n) is 5.36. The number of benzene rings is 1. The predicted octanol–water partition coefficient (Wildman–Crippen LogP) is 2.42. The quantitative estimate of drug-likeness (QED) is 0.428. The van der Waals surface area contributed by atoms with Gasteiger partial charge in [-0.2, -0.15) is 0 Å². The zero-order chi connectivity index (χ0) is 17.3. The topological polar surface area (TPSA) is 70.6 Å². The molecule has 0 radical (unpaired) electrons. The van der Waals surface area contributed by atoms with Crippen LogP contribution < -0.4 is 10.6 Å². The molecule has 1 aromatic heterocycles. The van der Waals surface area contributed by atoms with Crippen molar-refractivity contribution in [2.45, 2.75) is 18.7 Å². The highest BCUT2D eigenvalue weighted by molar-refractivity contribution is 7.90. The molecule has 1 heterocycles. The molecule has 130 valence electrons. The molecule has 0 atom stereocenters. The number of sulfone groups is 1. The fraction of sp³-hybridized carbons (Fsp3) is 0.353. The number of nitrogens with zero attached hydrogens (tertiary/aromatic N) is 1. The van der Waals surface area contributed by atoms with E-state index >= 15 is 0 Å². The van der Waals surface area contributed by atoms with Gasteiger partial charge in [-0.3, -0.25) is 4.99 Å². The molecular weight excluding hydrogens is 342 g/mol. The Morgan fingerprint density at radius 1 is 1.12 bits per heavy atom. The number of nitrogens with one attached hydrogen (secondary N) is 2. The Morgan fingerprint density at radius 3 is 2.58 bits per heavy atom. The number of thiophene rings is 1. The molecule has 0 fully saturated rings. The van der Waals surface area contributed by atoms with Crippen molar-refractivity contribution in [3.63, 3.8) is 0 Å². The van der Waals surface area contributed by atoms with E-state index in [-0.39, 0.29) is 11.5 Å². The Morgan fingerprint density at radius 2 is 1.92 bits per heavy atom. The van der Waals surface area contributed by atoms with Crippen LogP contribution in [0.3, 0.4) is 0 Å². The van der Waals surface area contributed by atoms with E-state index in [4.69, 9.17) is 0 Å². The van der Waals surface area contributed by atoms with Gasteiger partial charge in [0.1, 0.15) is 0 Å². The van der Waals surface area contributed by atoms with Gasteiger partial charge in [0.05, 0.1) is 18.1 Å². The molecule has 0 bridgehead atoms. The first kappa shape index (κ1) is 18.5. The summed E-state index contributed by atoms with van der Waals surface area (Å²) in [5, 5.41) is 8.39. The molecule has 2 N–H and O–H groups in total. The van der Waals surface area contributed by atoms with Crippen molar-refractivity contribution in [3.8, 4) is 0 Å². The van der Waals surface area contributed by atoms with Gasteiger partial charge in [0.15, 0.2) is 15.8 Å². The van der Waals surface area contributed by atoms with Crippen LogP contribution in [-0.4, -0.2) is 33.7 Å². The van der Waals surface area contributed by atoms with Crippen LogP contribution in [0.1, 0.15) is 16.9 Å². The zero-order valence-electron chi connectivity index (χ0n) is 13.7. The van der Waals surface area contributed by atoms with Gasteiger partial charge in [-0.15, -0.1) is 11.3 Å². The van der Waals surface area contributed by atoms with Crippen LogP contribution in [0.15, 0.2) is 52.8 Å². The smallest absolute Gasteiger partial charge is 0.191 e. The van der Waals surface area contributed by atoms with Gasteiger partial charge in [0, 0.05) is 18.5 Å². The maximum Gasteiger partial charge on any atom is 0.191 e. The monoisotopic (exact) mass is 365 g/mol. The van der Waals surface area contributed by atoms with Gasteiger partial charge >= 0.3 is 0 Å². The molecule has 0 aliphatic heterocycles. The van der Waals surface area contributed by atoms with Crippen LogP contribution in [0.2, 0.25) is 0 Å². The van der Waals surface area contributed by atoms with Crippen LogP contribution in [0.4, 0.5) is 0 Å². The third-order valence-corrected chi connectivity index (χ3v) is 5.95. The molecule has 0 aliphatic carbocycles. The average Bonchev–Trinajstić information content (AvgIpc) is 3.08. The summed E-state index contributed by atoms with van der Waals surface area (Å²) in [4.78, 5) is 5.36. The van der Waals surface area contributed by atoms with Gasteiger partial charge in [-0.05, 0) is 23.4 Å². The lowest BCUT2D eigenvalue weighted by Crippen LogP contribution is -2.37. The first-order valence-electron chi connectivity index (χ1n) is 7.80. The van der Waals surface area contributed by atoms with E-state index in [9.17, 15) is 8.42 Å². The lowest BCUT2D eigenvalue weighted by molar-refractivity contribution is 0.591. The molecule has 1 aromatic carbocycles. The Labute approximate surface area is 147 Å². The molecule has 0 saturated heterocycles. The minimum atomic E-state index is -3.09. The summed E-state index contributed by atoms with van der Waals surface area (Å²) < 4.78 is 24.2. The third kappa shape index (κ3) is 6.72. The second-order valence-corrected chi connectivity index (χ2v) is 8.58. The summed E-state index contributed by atoms with van der Waals surface area (Å²) in [5.41, 5.74) is 0.832. The van der Waals surface area contributed by atoms with Crippen molar-refractivity contribution in [1.29, 1.82) is 0 Å². The van der Waals surface area contributed by atoms with Crippen LogP contribution in [0.25, 0.3) is 0 Å². The summed E-state index contributed by atoms with van der Waals surface area (Å²) in [5.74, 6) is 0.944. The number of aliphatic imine (C=N–C) groups is 1. The molecule has 7 heteroatoms. The maximum absolute atomic E-state index is 12.1. The van der Waals surface area contributed by atoms with Crippen molar-refractivity contribution < 1.29 is 8.42 Å². The van der Waals surface area contributed by atoms with E-state index in [1.165, 1.54) is 4.88 Å². The highest BCUT2D eigenvalue weighted by Crippen LogP contribution is 2.08. The molecule has 2 aromatic rings. The molecule has 0 saturated carbocycles. The first-order chi connectivity index (χ1) is 11.6. The van der Waals surface area contributed by atoms with Crippen molar-refractivity contribution in [2.75, 3.05) is 19.3 Å². The lowest BCUT2D eigenvalue weighted by Gasteiger charge is -2.11. The van der Waals surface area contributed by atoms with Crippen molar-refractivity contribution in [3.05, 3.63) is 58.3 Å². The molecular formula is C17H23N3O2S2. The Bertz CT molecular complexity index is 726. The van der Waals surface area contributed by atoms with Crippen LogP contribution >= 0.6 is 11.3 Å². The lowest BCUT2D eigenvalue weighted by atomic mass is 10.2. The molecule has 0 aliphatic rings. The Balaban J connectivity index is 1.69. The maximum atomic E-state index is 12.1. The second kappa shape index (κ2) is 9.44. The fourth-order valence-corrected chi connectivity index (χ4v) is 4.28. The minimum Gasteiger partial charge on any atom is -0.356 e. The van der Waals surface area contributed by atoms with E-state index in [0.29, 0.717) is 25.5 Å². The Kier molecular flexibility index (Phi) is 7.27. The molecule has 24 heavy (non-hydrogen) atoms. The van der Waals surface area contributed by atoms with Gasteiger partial charge < -0.3 is 10.6 Å². The normalized spacial score (nSPS) is 12.1. The Hall–Kier alpha value is -1.86. The summed E-state index contributed by atoms with van der Waals surface area (Å²) >= 11 is 1.68. The van der Waals surface area contributed by atoms with Crippen LogP contribution in [-0.2, 0) is 22.1 Å². The molecule has 0 spiro atoms. The number of rotatable bonds is 8. The molecule has 0 unspecified atom stereocenters. The highest BCUT2D eigenvalue weighted by atomic mass is 32.2. The van der Waals surface area contributed by atoms with Gasteiger partial charge in [0.2, 0.25) is 0 Å². The summed E-state index contributed by atoms with van der Waals surface area (Å²) in [7, 11) is -1.38. The van der Waals surface area contributed by atoms with Gasteiger partial charge in [-0.25, -0.2) is 8.42 Å². The van der Waals surface area contributed by atoms with Crippen LogP contribution in [0, 0.1) is 0 Å². The average molecular weight is 366 g/mol. The molecule has 0 amide bonds. The van der Waals surface area contributed by atoms with Gasteiger partial charge in [-0.1, -0.05) is 36.4 Å². The minimum absolute atomic E-state index is 0.0964. The van der Waals surface area contributed by atoms with E-state index in [1.807, 2.05) is 41.8 Å². The first-order valence-corrected chi connectivity index (χ1v) is 10.5. The van der Waals surface area contributed by atoms with Crippen LogP contribution in [0.5, 0.6) is 0 Å². The molecule has 5 nitrogen and oxygen atoms in total. The van der Waals surface area contributed by atoms with E-state index < -0.39 is 9.84 Å². The largest absolute Gasteiger partial charge is 0.356 e. The summed E-state index contributed by atoms with van der Waals surface area (Å²) in [6.45, 7) is 1.28. The molecule has 2 rings (SSSR count). The number of guanidine groups is 1. The van der Waals surface area contributed by atoms with Crippen molar-refractivity contribution in [2.24, 2.45) is 4.99 Å². The zero-order valence-corrected chi connectivity index (χ0v) is 15.4. The SMILES string of the molecule is CN=C(NCCCS(=O)(=O)Cc1ccccc1)NCc1cccs1. The van der Waals surface area contributed by atoms with Crippen molar-refractivity contribution in [1.82, 2.24) is 10.6 Å². The number of hydrogen-bond donors (Lipinski definition) is 2. The number of hydrogen-bond acceptors (Lipinski definition) is 4. The summed E-state index contributed by atoms with van der Waals surface area (Å²) in [6, 6.07) is 13.3. The third-order valence-electron chi connectivity index (χ3n) is 3.39. The standard InChI is InChI=1S/C17H23N3O2S2/c1-18-17(20-13-16-9-5-11-23-16)19-10-6-12-24(21,22)14-15-7-3-2-4-8-15/h2-5,7-9,11H,6,10,12-14H2,1H3,(H2,18,19,20). The summed E-state index contributed by atoms with van der Waals surface area (Å²) in [6.07, 6.45) is 0.550. The fourth-order valence-electron chi connectivity index (χ4n) is 2.20. The van der Waals surface area contributed by atoms with Gasteiger partial charge in [0.25, 0.3) is 0 Å². The van der Waals surface area contributed by atoms with E-state index in [2.05, 4.69) is 21.7 Å². The highest BCUT2D eigenvalue weighted by Gasteiger charge is 2.11. The van der Waals surface area contributed by atoms with E-state index in [0.717, 1.165) is 5.56 Å². The predicted molar refractivity (Wildman–Crippen MR) is 101 cm³/mol.